The molecule has 0 aromatic heterocycles. The number of hydrogen-bond donors (Lipinski definition) is 1. The Morgan fingerprint density at radius 1 is 0.754 bits per heavy atom. The molecule has 1 N–H and O–H groups in total. The molecule has 14 nitrogen and oxygen atoms in total. The van der Waals surface area contributed by atoms with Crippen molar-refractivity contribution in [2.24, 2.45) is 0 Å². The van der Waals surface area contributed by atoms with E-state index in [9.17, 15) is 29.1 Å². The normalized spacial score (nSPS) is 38.9. The van der Waals surface area contributed by atoms with Crippen molar-refractivity contribution in [3.63, 3.8) is 0 Å². The minimum absolute atomic E-state index is 0.00453. The first-order valence-corrected chi connectivity index (χ1v) is 19.8. The topological polar surface area (TPSA) is 179 Å². The molecule has 2 aromatic carbocycles. The van der Waals surface area contributed by atoms with Gasteiger partial charge in [0, 0.05) is 59.9 Å². The van der Waals surface area contributed by atoms with Crippen LogP contribution < -0.4 is 0 Å². The van der Waals surface area contributed by atoms with Crippen LogP contribution in [0.15, 0.2) is 36.4 Å². The highest BCUT2D eigenvalue weighted by Crippen LogP contribution is 2.46. The first-order chi connectivity index (χ1) is 27.2. The van der Waals surface area contributed by atoms with Gasteiger partial charge >= 0.3 is 0 Å². The van der Waals surface area contributed by atoms with Gasteiger partial charge in [-0.25, -0.2) is 0 Å². The molecule has 5 heterocycles. The predicted molar refractivity (Wildman–Crippen MR) is 196 cm³/mol. The number of benzene rings is 2. The van der Waals surface area contributed by atoms with Gasteiger partial charge in [-0.3, -0.25) is 24.0 Å². The van der Waals surface area contributed by atoms with Crippen LogP contribution in [0.2, 0.25) is 0 Å². The van der Waals surface area contributed by atoms with Crippen molar-refractivity contribution in [2.75, 3.05) is 0 Å². The number of rotatable bonds is 5. The fraction of sp³-hybridized carbons (Fsp3) is 0.558. The van der Waals surface area contributed by atoms with Gasteiger partial charge < -0.3 is 43.0 Å². The van der Waals surface area contributed by atoms with Crippen molar-refractivity contribution in [2.45, 2.75) is 153 Å². The molecule has 13 atom stereocenters. The van der Waals surface area contributed by atoms with E-state index in [0.29, 0.717) is 30.4 Å². The summed E-state index contributed by atoms with van der Waals surface area (Å²) in [6.07, 6.45) is -1.61. The lowest BCUT2D eigenvalue weighted by molar-refractivity contribution is -0.347. The van der Waals surface area contributed by atoms with Crippen LogP contribution in [0.4, 0.5) is 0 Å². The zero-order chi connectivity index (χ0) is 40.1. The molecule has 5 aliphatic heterocycles. The SMILES string of the molecule is C[C@@H]1O[C@@H](O[C@H]2CC[C@H](O[C@@]3(C)CC(=O)c4c(ccc5c4C(=O)c4ccc(C6CC7OC8CC(=O)[C@H](C)OC8OC7[C@@H](C)O6)c(O)c4C5=O)C3)O[C@H]2C)C=CC1=O. The van der Waals surface area contributed by atoms with E-state index >= 15 is 0 Å². The Balaban J connectivity index is 0.902. The fourth-order valence-electron chi connectivity index (χ4n) is 9.46. The van der Waals surface area contributed by atoms with E-state index in [1.54, 1.807) is 38.1 Å². The zero-order valence-corrected chi connectivity index (χ0v) is 32.4. The Morgan fingerprint density at radius 2 is 1.51 bits per heavy atom. The highest BCUT2D eigenvalue weighted by molar-refractivity contribution is 6.32. The van der Waals surface area contributed by atoms with Crippen LogP contribution in [0, 0.1) is 0 Å². The second-order valence-corrected chi connectivity index (χ2v) is 16.6. The Morgan fingerprint density at radius 3 is 2.28 bits per heavy atom. The molecule has 4 fully saturated rings. The van der Waals surface area contributed by atoms with Gasteiger partial charge in [-0.1, -0.05) is 12.1 Å². The molecule has 302 valence electrons. The minimum atomic E-state index is -0.948. The maximum atomic E-state index is 14.2. The highest BCUT2D eigenvalue weighted by Gasteiger charge is 2.51. The van der Waals surface area contributed by atoms with Crippen LogP contribution in [0.3, 0.4) is 0 Å². The monoisotopic (exact) mass is 786 g/mol. The fourth-order valence-corrected chi connectivity index (χ4v) is 9.46. The third-order valence-corrected chi connectivity index (χ3v) is 12.4. The van der Waals surface area contributed by atoms with E-state index in [1.807, 2.05) is 20.8 Å². The Labute approximate surface area is 329 Å². The van der Waals surface area contributed by atoms with Crippen molar-refractivity contribution < 1.29 is 67.0 Å². The van der Waals surface area contributed by atoms with Crippen LogP contribution in [-0.4, -0.2) is 107 Å². The van der Waals surface area contributed by atoms with Crippen LogP contribution in [-0.2, 0) is 53.9 Å². The molecular formula is C43H46O14. The number of fused-ring (bicyclic) bond motifs is 6. The molecule has 4 saturated heterocycles. The molecule has 0 saturated carbocycles. The van der Waals surface area contributed by atoms with E-state index in [-0.39, 0.29) is 82.4 Å². The largest absolute Gasteiger partial charge is 0.507 e. The third kappa shape index (κ3) is 6.73. The quantitative estimate of drug-likeness (QED) is 0.381. The lowest BCUT2D eigenvalue weighted by atomic mass is 9.73. The van der Waals surface area contributed by atoms with Gasteiger partial charge in [-0.15, -0.1) is 0 Å². The Hall–Kier alpha value is -3.99. The van der Waals surface area contributed by atoms with Gasteiger partial charge in [0.2, 0.25) is 0 Å². The Kier molecular flexibility index (Phi) is 9.72. The van der Waals surface area contributed by atoms with Crippen LogP contribution in [0.25, 0.3) is 0 Å². The summed E-state index contributed by atoms with van der Waals surface area (Å²) in [6, 6.07) is 6.31. The molecule has 14 heteroatoms. The average molecular weight is 787 g/mol. The summed E-state index contributed by atoms with van der Waals surface area (Å²) in [7, 11) is 0. The first kappa shape index (κ1) is 38.5. The molecule has 7 aliphatic rings. The van der Waals surface area contributed by atoms with Crippen molar-refractivity contribution in [3.05, 3.63) is 75.4 Å². The number of aromatic hydroxyl groups is 1. The number of phenolic OH excluding ortho intramolecular Hbond substituents is 1. The van der Waals surface area contributed by atoms with E-state index in [0.717, 1.165) is 0 Å². The van der Waals surface area contributed by atoms with Crippen molar-refractivity contribution in [1.82, 2.24) is 0 Å². The summed E-state index contributed by atoms with van der Waals surface area (Å²) in [5.74, 6) is -1.96. The van der Waals surface area contributed by atoms with E-state index < -0.39 is 78.8 Å². The molecule has 2 aliphatic carbocycles. The molecule has 5 unspecified atom stereocenters. The van der Waals surface area contributed by atoms with Gasteiger partial charge in [-0.2, -0.15) is 0 Å². The molecule has 57 heavy (non-hydrogen) atoms. The van der Waals surface area contributed by atoms with E-state index in [1.165, 1.54) is 12.1 Å². The van der Waals surface area contributed by atoms with Crippen LogP contribution >= 0.6 is 0 Å². The molecule has 0 radical (unpaired) electrons. The predicted octanol–water partition coefficient (Wildman–Crippen LogP) is 4.56. The lowest BCUT2D eigenvalue weighted by Gasteiger charge is -2.49. The highest BCUT2D eigenvalue weighted by atomic mass is 16.7. The molecule has 0 amide bonds. The number of hydrogen-bond acceptors (Lipinski definition) is 14. The van der Waals surface area contributed by atoms with Crippen molar-refractivity contribution >= 4 is 28.9 Å². The second-order valence-electron chi connectivity index (χ2n) is 16.6. The van der Waals surface area contributed by atoms with Gasteiger partial charge in [0.05, 0.1) is 41.7 Å². The van der Waals surface area contributed by atoms with Gasteiger partial charge in [0.15, 0.2) is 47.8 Å². The molecule has 9 rings (SSSR count). The first-order valence-electron chi connectivity index (χ1n) is 19.8. The smallest absolute Gasteiger partial charge is 0.198 e. The summed E-state index contributed by atoms with van der Waals surface area (Å²) in [4.78, 5) is 66.5. The van der Waals surface area contributed by atoms with Crippen LogP contribution in [0.5, 0.6) is 5.75 Å². The summed E-state index contributed by atoms with van der Waals surface area (Å²) in [5, 5.41) is 11.7. The average Bonchev–Trinajstić information content (AvgIpc) is 3.15. The zero-order valence-electron chi connectivity index (χ0n) is 32.4. The molecular weight excluding hydrogens is 740 g/mol. The summed E-state index contributed by atoms with van der Waals surface area (Å²) < 4.78 is 49.0. The second kappa shape index (κ2) is 14.4. The number of phenols is 1. The van der Waals surface area contributed by atoms with Crippen molar-refractivity contribution in [1.29, 1.82) is 0 Å². The number of ketones is 5. The molecule has 0 bridgehead atoms. The minimum Gasteiger partial charge on any atom is -0.507 e. The van der Waals surface area contributed by atoms with E-state index in [4.69, 9.17) is 37.9 Å². The van der Waals surface area contributed by atoms with Gasteiger partial charge in [-0.05, 0) is 70.9 Å². The summed E-state index contributed by atoms with van der Waals surface area (Å²) in [5.41, 5.74) is 0.108. The standard InChI is InChI=1S/C43H46O14/c1-18-26(44)10-12-33(51-18)55-29-11-13-34(52-20(29)3)57-43(5)16-22-6-7-24-36(35(22)28(46)17-43)39(48)25-9-8-23(38(47)37(25)40(24)49)30-15-31-41(21(4)50-30)56-42-32(54-31)14-27(45)19(2)53-42/h6-10,12,18-21,29-34,41-42,47H,11,13-17H2,1-5H3/t18-,19-,20-,21+,29-,30?,31?,32?,33-,34-,41?,42?,43+/m0/s1. The molecule has 2 aromatic rings. The third-order valence-electron chi connectivity index (χ3n) is 12.4. The number of carbonyl (C=O) groups excluding carboxylic acids is 5. The Bertz CT molecular complexity index is 2090. The van der Waals surface area contributed by atoms with Crippen LogP contribution in [0.1, 0.15) is 126 Å². The maximum absolute atomic E-state index is 14.2. The van der Waals surface area contributed by atoms with Gasteiger partial charge in [0.25, 0.3) is 0 Å². The van der Waals surface area contributed by atoms with Gasteiger partial charge in [0.1, 0.15) is 30.2 Å². The van der Waals surface area contributed by atoms with Crippen molar-refractivity contribution in [3.8, 4) is 5.75 Å². The molecule has 0 spiro atoms. The van der Waals surface area contributed by atoms with E-state index in [2.05, 4.69) is 0 Å². The number of Topliss-reactive ketones (excluding diaryl/α,β-unsaturated/α-hetero) is 2. The maximum Gasteiger partial charge on any atom is 0.198 e. The number of carbonyl (C=O) groups is 5. The summed E-state index contributed by atoms with van der Waals surface area (Å²) in [6.45, 7) is 8.91. The summed E-state index contributed by atoms with van der Waals surface area (Å²) >= 11 is 0. The lowest BCUT2D eigenvalue weighted by Crippen LogP contribution is -2.60. The number of ether oxygens (including phenoxy) is 8.